The molecule has 4 nitrogen and oxygen atoms in total. The second-order valence-electron chi connectivity index (χ2n) is 5.56. The first kappa shape index (κ1) is 13.6. The monoisotopic (exact) mass is 283 g/mol. The number of ketones is 1. The maximum atomic E-state index is 11.5. The van der Waals surface area contributed by atoms with Gasteiger partial charge in [-0.05, 0) is 42.3 Å². The third-order valence-corrected chi connectivity index (χ3v) is 4.27. The predicted molar refractivity (Wildman–Crippen MR) is 82.0 cm³/mol. The van der Waals surface area contributed by atoms with Gasteiger partial charge in [-0.15, -0.1) is 0 Å². The van der Waals surface area contributed by atoms with Crippen molar-refractivity contribution in [2.45, 2.75) is 13.3 Å². The van der Waals surface area contributed by atoms with Crippen molar-refractivity contribution in [2.75, 3.05) is 18.0 Å². The van der Waals surface area contributed by atoms with Gasteiger partial charge in [0, 0.05) is 24.7 Å². The first-order valence-electron chi connectivity index (χ1n) is 7.06. The highest BCUT2D eigenvalue weighted by molar-refractivity contribution is 6.02. The molecule has 3 rings (SSSR count). The van der Waals surface area contributed by atoms with Crippen LogP contribution in [-0.2, 0) is 4.79 Å². The van der Waals surface area contributed by atoms with Crippen LogP contribution in [0.4, 0.5) is 5.69 Å². The van der Waals surface area contributed by atoms with Gasteiger partial charge in [0.1, 0.15) is 11.5 Å². The Morgan fingerprint density at radius 3 is 2.76 bits per heavy atom. The molecule has 4 heteroatoms. The fraction of sp³-hybridized carbons (Fsp3) is 0.294. The number of hydrogen-bond acceptors (Lipinski definition) is 4. The number of fused-ring (bicyclic) bond motifs is 1. The van der Waals surface area contributed by atoms with Gasteiger partial charge in [-0.1, -0.05) is 12.1 Å². The van der Waals surface area contributed by atoms with Crippen LogP contribution in [0, 0.1) is 5.92 Å². The topological polar surface area (TPSA) is 57.6 Å². The van der Waals surface area contributed by atoms with Gasteiger partial charge >= 0.3 is 0 Å². The summed E-state index contributed by atoms with van der Waals surface area (Å²) in [5, 5.41) is 11.5. The molecule has 21 heavy (non-hydrogen) atoms. The molecule has 2 aromatic carbocycles. The van der Waals surface area contributed by atoms with Crippen molar-refractivity contribution in [3.63, 3.8) is 0 Å². The van der Waals surface area contributed by atoms with Crippen molar-refractivity contribution in [1.29, 1.82) is 0 Å². The smallest absolute Gasteiger partial charge is 0.154 e. The fourth-order valence-electron chi connectivity index (χ4n) is 2.97. The molecule has 1 aliphatic rings. The van der Waals surface area contributed by atoms with Crippen molar-refractivity contribution in [1.82, 2.24) is 0 Å². The molecule has 0 bridgehead atoms. The molecule has 1 N–H and O–H groups in total. The summed E-state index contributed by atoms with van der Waals surface area (Å²) < 4.78 is 0. The Kier molecular flexibility index (Phi) is 3.37. The predicted octanol–water partition coefficient (Wildman–Crippen LogP) is 2.77. The zero-order chi connectivity index (χ0) is 15.0. The fourth-order valence-corrected chi connectivity index (χ4v) is 2.97. The van der Waals surface area contributed by atoms with Crippen LogP contribution < -0.4 is 4.90 Å². The summed E-state index contributed by atoms with van der Waals surface area (Å²) in [4.78, 5) is 24.8. The summed E-state index contributed by atoms with van der Waals surface area (Å²) in [5.74, 6) is 0.317. The quantitative estimate of drug-likeness (QED) is 0.880. The molecule has 0 radical (unpaired) electrons. The number of rotatable bonds is 3. The minimum Gasteiger partial charge on any atom is -0.507 e. The summed E-state index contributed by atoms with van der Waals surface area (Å²) in [6.07, 6.45) is 1.55. The Balaban J connectivity index is 2.01. The van der Waals surface area contributed by atoms with E-state index in [1.807, 2.05) is 18.2 Å². The number of nitrogens with zero attached hydrogens (tertiary/aromatic N) is 1. The molecular weight excluding hydrogens is 266 g/mol. The molecule has 1 saturated heterocycles. The first-order chi connectivity index (χ1) is 10.1. The number of hydrogen-bond donors (Lipinski definition) is 1. The molecule has 0 spiro atoms. The highest BCUT2D eigenvalue weighted by Crippen LogP contribution is 2.31. The zero-order valence-corrected chi connectivity index (χ0v) is 11.9. The van der Waals surface area contributed by atoms with Crippen LogP contribution in [0.1, 0.15) is 23.7 Å². The van der Waals surface area contributed by atoms with Crippen LogP contribution in [-0.4, -0.2) is 30.3 Å². The number of aromatic hydroxyl groups is 1. The lowest BCUT2D eigenvalue weighted by Crippen LogP contribution is -2.21. The third kappa shape index (κ3) is 2.37. The van der Waals surface area contributed by atoms with E-state index in [0.717, 1.165) is 36.0 Å². The third-order valence-electron chi connectivity index (χ3n) is 4.27. The second-order valence-corrected chi connectivity index (χ2v) is 5.56. The van der Waals surface area contributed by atoms with Crippen LogP contribution in [0.2, 0.25) is 0 Å². The Morgan fingerprint density at radius 1 is 1.33 bits per heavy atom. The molecule has 2 aromatic rings. The molecule has 0 aliphatic carbocycles. The molecule has 0 aromatic heterocycles. The average Bonchev–Trinajstić information content (AvgIpc) is 2.96. The Morgan fingerprint density at radius 2 is 2.10 bits per heavy atom. The summed E-state index contributed by atoms with van der Waals surface area (Å²) in [7, 11) is 0. The number of carbonyl (C=O) groups is 2. The van der Waals surface area contributed by atoms with Gasteiger partial charge in [0.2, 0.25) is 0 Å². The Labute approximate surface area is 123 Å². The van der Waals surface area contributed by atoms with Gasteiger partial charge in [0.05, 0.1) is 5.56 Å². The number of phenolic OH excluding ortho intramolecular Hbond substituents is 1. The van der Waals surface area contributed by atoms with E-state index in [9.17, 15) is 14.7 Å². The number of benzene rings is 2. The van der Waals surface area contributed by atoms with Gasteiger partial charge in [-0.25, -0.2) is 0 Å². The van der Waals surface area contributed by atoms with Gasteiger partial charge < -0.3 is 10.0 Å². The molecule has 1 unspecified atom stereocenters. The van der Waals surface area contributed by atoms with E-state index in [1.165, 1.54) is 6.07 Å². The van der Waals surface area contributed by atoms with E-state index in [0.29, 0.717) is 11.8 Å². The lowest BCUT2D eigenvalue weighted by atomic mass is 10.0. The van der Waals surface area contributed by atoms with Gasteiger partial charge in [-0.3, -0.25) is 9.59 Å². The molecular formula is C17H17NO3. The van der Waals surface area contributed by atoms with E-state index in [4.69, 9.17) is 0 Å². The first-order valence-corrected chi connectivity index (χ1v) is 7.06. The minimum absolute atomic E-state index is 0.00214. The van der Waals surface area contributed by atoms with Crippen LogP contribution in [0.5, 0.6) is 5.75 Å². The molecule has 1 atom stereocenters. The SMILES string of the molecule is CC(=O)C1CCN(c2ccc3ccc(O)c(C=O)c3c2)C1. The number of phenols is 1. The van der Waals surface area contributed by atoms with Gasteiger partial charge in [0.15, 0.2) is 6.29 Å². The number of Topliss-reactive ketones (excluding diaryl/α,β-unsaturated/α-hetero) is 1. The number of anilines is 1. The summed E-state index contributed by atoms with van der Waals surface area (Å²) in [6, 6.07) is 9.19. The number of carbonyl (C=O) groups excluding carboxylic acids is 2. The van der Waals surface area contributed by atoms with Gasteiger partial charge in [0.25, 0.3) is 0 Å². The van der Waals surface area contributed by atoms with E-state index in [1.54, 1.807) is 13.0 Å². The summed E-state index contributed by atoms with van der Waals surface area (Å²) in [6.45, 7) is 3.19. The number of aldehydes is 1. The Hall–Kier alpha value is -2.36. The van der Waals surface area contributed by atoms with Crippen molar-refractivity contribution in [3.05, 3.63) is 35.9 Å². The molecule has 1 fully saturated rings. The summed E-state index contributed by atoms with van der Waals surface area (Å²) >= 11 is 0. The normalized spacial score (nSPS) is 18.1. The van der Waals surface area contributed by atoms with Crippen molar-refractivity contribution < 1.29 is 14.7 Å². The minimum atomic E-state index is -0.00214. The summed E-state index contributed by atoms with van der Waals surface area (Å²) in [5.41, 5.74) is 1.30. The molecule has 0 amide bonds. The van der Waals surface area contributed by atoms with E-state index in [-0.39, 0.29) is 17.5 Å². The average molecular weight is 283 g/mol. The molecule has 1 aliphatic heterocycles. The zero-order valence-electron chi connectivity index (χ0n) is 11.9. The largest absolute Gasteiger partial charge is 0.507 e. The maximum Gasteiger partial charge on any atom is 0.154 e. The van der Waals surface area contributed by atoms with E-state index < -0.39 is 0 Å². The Bertz CT molecular complexity index is 723. The van der Waals surface area contributed by atoms with Crippen molar-refractivity contribution >= 4 is 28.5 Å². The lowest BCUT2D eigenvalue weighted by Gasteiger charge is -2.19. The van der Waals surface area contributed by atoms with E-state index >= 15 is 0 Å². The van der Waals surface area contributed by atoms with Crippen LogP contribution in [0.15, 0.2) is 30.3 Å². The lowest BCUT2D eigenvalue weighted by molar-refractivity contribution is -0.120. The van der Waals surface area contributed by atoms with Crippen molar-refractivity contribution in [2.24, 2.45) is 5.92 Å². The van der Waals surface area contributed by atoms with Crippen LogP contribution in [0.3, 0.4) is 0 Å². The van der Waals surface area contributed by atoms with Crippen LogP contribution >= 0.6 is 0 Å². The van der Waals surface area contributed by atoms with Gasteiger partial charge in [-0.2, -0.15) is 0 Å². The highest BCUT2D eigenvalue weighted by atomic mass is 16.3. The maximum absolute atomic E-state index is 11.5. The highest BCUT2D eigenvalue weighted by Gasteiger charge is 2.26. The second kappa shape index (κ2) is 5.20. The van der Waals surface area contributed by atoms with E-state index in [2.05, 4.69) is 4.90 Å². The van der Waals surface area contributed by atoms with Crippen molar-refractivity contribution in [3.8, 4) is 5.75 Å². The molecule has 1 heterocycles. The molecule has 0 saturated carbocycles. The standard InChI is InChI=1S/C17H17NO3/c1-11(20)13-6-7-18(9-13)14-4-2-12-3-5-17(21)16(10-19)15(12)8-14/h2-5,8,10,13,21H,6-7,9H2,1H3. The van der Waals surface area contributed by atoms with Crippen LogP contribution in [0.25, 0.3) is 10.8 Å². The molecule has 108 valence electrons.